The molecule has 22 heavy (non-hydrogen) atoms. The van der Waals surface area contributed by atoms with Crippen LogP contribution in [0.25, 0.3) is 32.5 Å². The number of halogens is 1. The van der Waals surface area contributed by atoms with Crippen LogP contribution in [0.1, 0.15) is 4.88 Å². The van der Waals surface area contributed by atoms with E-state index in [9.17, 15) is 0 Å². The van der Waals surface area contributed by atoms with E-state index >= 15 is 0 Å². The third kappa shape index (κ3) is 1.98. The van der Waals surface area contributed by atoms with Crippen molar-refractivity contribution in [2.75, 3.05) is 5.73 Å². The number of aromatic nitrogens is 1. The van der Waals surface area contributed by atoms with Gasteiger partial charge >= 0.3 is 0 Å². The van der Waals surface area contributed by atoms with Crippen molar-refractivity contribution in [3.63, 3.8) is 0 Å². The van der Waals surface area contributed by atoms with E-state index in [4.69, 9.17) is 15.4 Å². The maximum absolute atomic E-state index is 9.06. The number of pyridine rings is 1. The summed E-state index contributed by atoms with van der Waals surface area (Å²) in [6.07, 6.45) is 1.74. The molecule has 0 radical (unpaired) electrons. The molecule has 0 amide bonds. The number of nitriles is 1. The van der Waals surface area contributed by atoms with Gasteiger partial charge in [-0.05, 0) is 30.3 Å². The van der Waals surface area contributed by atoms with Crippen molar-refractivity contribution in [1.29, 1.82) is 5.26 Å². The summed E-state index contributed by atoms with van der Waals surface area (Å²) in [6, 6.07) is 11.8. The Bertz CT molecular complexity index is 1070. The number of benzene rings is 1. The molecule has 2 N–H and O–H groups in total. The molecule has 0 saturated carbocycles. The molecule has 0 saturated heterocycles. The number of furan rings is 1. The Kier molecular flexibility index (Phi) is 2.93. The van der Waals surface area contributed by atoms with Crippen LogP contribution in [-0.4, -0.2) is 4.98 Å². The van der Waals surface area contributed by atoms with E-state index in [1.165, 1.54) is 11.3 Å². The highest BCUT2D eigenvalue weighted by Gasteiger charge is 2.13. The molecule has 1 aromatic carbocycles. The van der Waals surface area contributed by atoms with E-state index in [1.54, 1.807) is 6.20 Å². The fourth-order valence-corrected chi connectivity index (χ4v) is 3.60. The molecule has 0 aliphatic rings. The Labute approximate surface area is 137 Å². The number of anilines is 1. The molecule has 0 atom stereocenters. The topological polar surface area (TPSA) is 75.8 Å². The van der Waals surface area contributed by atoms with Gasteiger partial charge in [-0.3, -0.25) is 0 Å². The standard InChI is InChI=1S/C16H8BrN3OS/c17-10-1-2-12-8(3-10)5-13(21-12)9-4-11-15(19)14(6-18)22-16(11)20-7-9/h1-5,7H,19H2. The molecule has 0 spiro atoms. The lowest BCUT2D eigenvalue weighted by Crippen LogP contribution is -1.85. The first-order valence-corrected chi connectivity index (χ1v) is 8.04. The summed E-state index contributed by atoms with van der Waals surface area (Å²) in [5.74, 6) is 0.728. The summed E-state index contributed by atoms with van der Waals surface area (Å²) in [5, 5.41) is 10.9. The fourth-order valence-electron chi connectivity index (χ4n) is 2.37. The fraction of sp³-hybridized carbons (Fsp3) is 0. The van der Waals surface area contributed by atoms with Crippen molar-refractivity contribution in [2.45, 2.75) is 0 Å². The van der Waals surface area contributed by atoms with Crippen LogP contribution < -0.4 is 5.73 Å². The lowest BCUT2D eigenvalue weighted by atomic mass is 10.1. The Morgan fingerprint density at radius 1 is 1.27 bits per heavy atom. The second kappa shape index (κ2) is 4.83. The van der Waals surface area contributed by atoms with Crippen LogP contribution in [0.3, 0.4) is 0 Å². The molecule has 0 aliphatic carbocycles. The first-order chi connectivity index (χ1) is 10.7. The molecule has 106 valence electrons. The summed E-state index contributed by atoms with van der Waals surface area (Å²) in [5.41, 5.74) is 8.14. The van der Waals surface area contributed by atoms with E-state index in [2.05, 4.69) is 27.0 Å². The van der Waals surface area contributed by atoms with Gasteiger partial charge in [-0.15, -0.1) is 11.3 Å². The number of rotatable bonds is 1. The molecule has 3 heterocycles. The van der Waals surface area contributed by atoms with Gasteiger partial charge in [0.2, 0.25) is 0 Å². The largest absolute Gasteiger partial charge is 0.456 e. The maximum Gasteiger partial charge on any atom is 0.136 e. The third-order valence-electron chi connectivity index (χ3n) is 3.45. The summed E-state index contributed by atoms with van der Waals surface area (Å²) < 4.78 is 6.87. The van der Waals surface area contributed by atoms with Crippen molar-refractivity contribution >= 4 is 54.1 Å². The highest BCUT2D eigenvalue weighted by atomic mass is 79.9. The molecule has 0 aliphatic heterocycles. The third-order valence-corrected chi connectivity index (χ3v) is 4.98. The lowest BCUT2D eigenvalue weighted by Gasteiger charge is -1.97. The average molecular weight is 370 g/mol. The molecule has 3 aromatic heterocycles. The van der Waals surface area contributed by atoms with Crippen molar-refractivity contribution < 1.29 is 4.42 Å². The van der Waals surface area contributed by atoms with E-state index in [-0.39, 0.29) is 0 Å². The molecular weight excluding hydrogens is 362 g/mol. The molecule has 0 fully saturated rings. The first-order valence-electron chi connectivity index (χ1n) is 6.43. The van der Waals surface area contributed by atoms with Gasteiger partial charge in [0, 0.05) is 27.0 Å². The zero-order chi connectivity index (χ0) is 15.3. The predicted molar refractivity (Wildman–Crippen MR) is 91.7 cm³/mol. The number of nitrogens with two attached hydrogens (primary N) is 1. The first kappa shape index (κ1) is 13.3. The van der Waals surface area contributed by atoms with Gasteiger partial charge in [-0.2, -0.15) is 5.26 Å². The van der Waals surface area contributed by atoms with Crippen LogP contribution in [0.2, 0.25) is 0 Å². The number of hydrogen-bond acceptors (Lipinski definition) is 5. The van der Waals surface area contributed by atoms with E-state index in [0.717, 1.165) is 37.0 Å². The predicted octanol–water partition coefficient (Wildman–Crippen LogP) is 4.93. The molecule has 4 rings (SSSR count). The molecule has 4 nitrogen and oxygen atoms in total. The summed E-state index contributed by atoms with van der Waals surface area (Å²) >= 11 is 4.75. The second-order valence-corrected chi connectivity index (χ2v) is 6.74. The SMILES string of the molecule is N#Cc1sc2ncc(-c3cc4cc(Br)ccc4o3)cc2c1N. The molecule has 4 aromatic rings. The van der Waals surface area contributed by atoms with Gasteiger partial charge in [-0.1, -0.05) is 15.9 Å². The van der Waals surface area contributed by atoms with Gasteiger partial charge in [0.05, 0.1) is 5.69 Å². The van der Waals surface area contributed by atoms with E-state index in [0.29, 0.717) is 10.6 Å². The van der Waals surface area contributed by atoms with Gasteiger partial charge in [0.1, 0.15) is 27.1 Å². The van der Waals surface area contributed by atoms with Crippen molar-refractivity contribution in [3.8, 4) is 17.4 Å². The highest BCUT2D eigenvalue weighted by molar-refractivity contribution is 9.10. The zero-order valence-electron chi connectivity index (χ0n) is 11.1. The maximum atomic E-state index is 9.06. The Morgan fingerprint density at radius 2 is 2.14 bits per heavy atom. The Hall–Kier alpha value is -2.36. The van der Waals surface area contributed by atoms with Crippen molar-refractivity contribution in [1.82, 2.24) is 4.98 Å². The van der Waals surface area contributed by atoms with Crippen LogP contribution in [0.4, 0.5) is 5.69 Å². The molecule has 0 unspecified atom stereocenters. The van der Waals surface area contributed by atoms with Gasteiger partial charge in [0.25, 0.3) is 0 Å². The second-order valence-electron chi connectivity index (χ2n) is 4.83. The minimum Gasteiger partial charge on any atom is -0.456 e. The van der Waals surface area contributed by atoms with E-state index < -0.39 is 0 Å². The smallest absolute Gasteiger partial charge is 0.136 e. The Morgan fingerprint density at radius 3 is 2.95 bits per heavy atom. The normalized spacial score (nSPS) is 11.1. The quantitative estimate of drug-likeness (QED) is 0.516. The number of thiophene rings is 1. The van der Waals surface area contributed by atoms with Gasteiger partial charge in [-0.25, -0.2) is 4.98 Å². The van der Waals surface area contributed by atoms with Gasteiger partial charge < -0.3 is 10.2 Å². The molecular formula is C16H8BrN3OS. The van der Waals surface area contributed by atoms with Crippen LogP contribution in [0, 0.1) is 11.3 Å². The summed E-state index contributed by atoms with van der Waals surface area (Å²) in [4.78, 5) is 5.65. The number of nitrogen functional groups attached to an aromatic ring is 1. The lowest BCUT2D eigenvalue weighted by molar-refractivity contribution is 0.631. The monoisotopic (exact) mass is 369 g/mol. The molecule has 6 heteroatoms. The summed E-state index contributed by atoms with van der Waals surface area (Å²) in [6.45, 7) is 0. The Balaban J connectivity index is 1.92. The number of nitrogens with zero attached hydrogens (tertiary/aromatic N) is 2. The van der Waals surface area contributed by atoms with Crippen molar-refractivity contribution in [2.24, 2.45) is 0 Å². The highest BCUT2D eigenvalue weighted by Crippen LogP contribution is 2.36. The zero-order valence-corrected chi connectivity index (χ0v) is 13.5. The average Bonchev–Trinajstić information content (AvgIpc) is 3.08. The van der Waals surface area contributed by atoms with Crippen LogP contribution >= 0.6 is 27.3 Å². The van der Waals surface area contributed by atoms with Crippen LogP contribution in [0.5, 0.6) is 0 Å². The van der Waals surface area contributed by atoms with E-state index in [1.807, 2.05) is 30.3 Å². The number of hydrogen-bond donors (Lipinski definition) is 1. The van der Waals surface area contributed by atoms with Gasteiger partial charge in [0.15, 0.2) is 0 Å². The minimum atomic E-state index is 0.482. The number of fused-ring (bicyclic) bond motifs is 2. The summed E-state index contributed by atoms with van der Waals surface area (Å²) in [7, 11) is 0. The van der Waals surface area contributed by atoms with Crippen LogP contribution in [0.15, 0.2) is 45.4 Å². The minimum absolute atomic E-state index is 0.482. The molecule has 0 bridgehead atoms. The van der Waals surface area contributed by atoms with Crippen molar-refractivity contribution in [3.05, 3.63) is 45.9 Å². The van der Waals surface area contributed by atoms with Crippen LogP contribution in [-0.2, 0) is 0 Å².